The highest BCUT2D eigenvalue weighted by molar-refractivity contribution is 8.26. The molecule has 1 aromatic carbocycles. The molecule has 0 spiro atoms. The molecule has 0 radical (unpaired) electrons. The van der Waals surface area contributed by atoms with Gasteiger partial charge in [-0.1, -0.05) is 42.2 Å². The SMILES string of the molecule is COc1ccc(CN2C(=O)/C(=C/c3c(N4CCN(C)CC4)nc4c(C)cccn4c3=O)SC2=S)cc1. The maximum atomic E-state index is 13.7. The van der Waals surface area contributed by atoms with Gasteiger partial charge < -0.3 is 14.5 Å². The molecule has 5 rings (SSSR count). The van der Waals surface area contributed by atoms with Gasteiger partial charge in [0, 0.05) is 32.4 Å². The van der Waals surface area contributed by atoms with Gasteiger partial charge in [0.2, 0.25) is 0 Å². The van der Waals surface area contributed by atoms with Crippen LogP contribution in [-0.2, 0) is 11.3 Å². The van der Waals surface area contributed by atoms with Crippen LogP contribution < -0.4 is 15.2 Å². The van der Waals surface area contributed by atoms with Crippen molar-refractivity contribution in [1.29, 1.82) is 0 Å². The maximum absolute atomic E-state index is 13.7. The Morgan fingerprint density at radius 3 is 2.53 bits per heavy atom. The quantitative estimate of drug-likeness (QED) is 0.375. The minimum absolute atomic E-state index is 0.196. The molecule has 0 aliphatic carbocycles. The van der Waals surface area contributed by atoms with E-state index in [2.05, 4.69) is 16.8 Å². The van der Waals surface area contributed by atoms with E-state index in [1.54, 1.807) is 28.7 Å². The lowest BCUT2D eigenvalue weighted by atomic mass is 10.2. The highest BCUT2D eigenvalue weighted by Gasteiger charge is 2.33. The zero-order chi connectivity index (χ0) is 25.4. The van der Waals surface area contributed by atoms with E-state index in [1.807, 2.05) is 43.3 Å². The minimum atomic E-state index is -0.209. The number of piperazine rings is 1. The Morgan fingerprint density at radius 2 is 1.83 bits per heavy atom. The van der Waals surface area contributed by atoms with Crippen molar-refractivity contribution < 1.29 is 9.53 Å². The summed E-state index contributed by atoms with van der Waals surface area (Å²) in [5.74, 6) is 1.15. The molecule has 4 heterocycles. The fourth-order valence-corrected chi connectivity index (χ4v) is 5.60. The van der Waals surface area contributed by atoms with Gasteiger partial charge in [0.15, 0.2) is 0 Å². The van der Waals surface area contributed by atoms with Crippen LogP contribution in [0.1, 0.15) is 16.7 Å². The molecule has 186 valence electrons. The van der Waals surface area contributed by atoms with Gasteiger partial charge in [0.05, 0.1) is 24.1 Å². The third-order valence-corrected chi connectivity index (χ3v) is 7.89. The summed E-state index contributed by atoms with van der Waals surface area (Å²) < 4.78 is 7.24. The van der Waals surface area contributed by atoms with Crippen LogP contribution in [0.4, 0.5) is 5.82 Å². The second-order valence-corrected chi connectivity index (χ2v) is 10.6. The number of thioether (sulfide) groups is 1. The van der Waals surface area contributed by atoms with E-state index in [1.165, 1.54) is 11.8 Å². The third kappa shape index (κ3) is 4.63. The number of benzene rings is 1. The summed E-state index contributed by atoms with van der Waals surface area (Å²) in [6.07, 6.45) is 3.39. The van der Waals surface area contributed by atoms with Gasteiger partial charge in [-0.25, -0.2) is 4.98 Å². The summed E-state index contributed by atoms with van der Waals surface area (Å²) >= 11 is 6.76. The van der Waals surface area contributed by atoms with Crippen molar-refractivity contribution in [1.82, 2.24) is 19.2 Å². The van der Waals surface area contributed by atoms with E-state index in [4.69, 9.17) is 21.9 Å². The average Bonchev–Trinajstić information content (AvgIpc) is 3.14. The van der Waals surface area contributed by atoms with E-state index in [9.17, 15) is 9.59 Å². The van der Waals surface area contributed by atoms with E-state index in [0.717, 1.165) is 43.1 Å². The first-order valence-corrected chi connectivity index (χ1v) is 12.9. The number of fused-ring (bicyclic) bond motifs is 1. The zero-order valence-corrected chi connectivity index (χ0v) is 22.1. The molecule has 2 aliphatic rings. The molecule has 36 heavy (non-hydrogen) atoms. The van der Waals surface area contributed by atoms with Crippen LogP contribution in [0.3, 0.4) is 0 Å². The Hall–Kier alpha value is -3.21. The Labute approximate surface area is 219 Å². The van der Waals surface area contributed by atoms with Crippen LogP contribution in [0.5, 0.6) is 5.75 Å². The number of pyridine rings is 1. The summed E-state index contributed by atoms with van der Waals surface area (Å²) in [6.45, 7) is 5.55. The highest BCUT2D eigenvalue weighted by atomic mass is 32.2. The lowest BCUT2D eigenvalue weighted by Gasteiger charge is -2.34. The average molecular weight is 522 g/mol. The van der Waals surface area contributed by atoms with Crippen molar-refractivity contribution in [2.45, 2.75) is 13.5 Å². The lowest BCUT2D eigenvalue weighted by Crippen LogP contribution is -2.45. The highest BCUT2D eigenvalue weighted by Crippen LogP contribution is 2.35. The molecule has 2 aliphatic heterocycles. The topological polar surface area (TPSA) is 70.4 Å². The largest absolute Gasteiger partial charge is 0.497 e. The standard InChI is InChI=1S/C26H27N5O3S2/c1-17-5-4-10-30-22(17)27-23(29-13-11-28(2)12-14-29)20(24(30)32)15-21-25(33)31(26(35)36-21)16-18-6-8-19(34-3)9-7-18/h4-10,15H,11-14,16H2,1-3H3/b21-15-. The van der Waals surface area contributed by atoms with Crippen molar-refractivity contribution in [2.75, 3.05) is 45.2 Å². The van der Waals surface area contributed by atoms with Crippen LogP contribution in [-0.4, -0.2) is 69.7 Å². The molecule has 0 atom stereocenters. The van der Waals surface area contributed by atoms with E-state index in [-0.39, 0.29) is 11.5 Å². The number of nitrogens with zero attached hydrogens (tertiary/aromatic N) is 5. The van der Waals surface area contributed by atoms with E-state index >= 15 is 0 Å². The van der Waals surface area contributed by atoms with Gasteiger partial charge in [-0.15, -0.1) is 0 Å². The fourth-order valence-electron chi connectivity index (χ4n) is 4.37. The van der Waals surface area contributed by atoms with Gasteiger partial charge in [-0.2, -0.15) is 0 Å². The van der Waals surface area contributed by atoms with Gasteiger partial charge in [-0.05, 0) is 49.4 Å². The number of methoxy groups -OCH3 is 1. The number of rotatable bonds is 5. The number of hydrogen-bond donors (Lipinski definition) is 0. The molecule has 0 unspecified atom stereocenters. The van der Waals surface area contributed by atoms with Crippen LogP contribution >= 0.6 is 24.0 Å². The normalized spacial score (nSPS) is 18.0. The summed E-state index contributed by atoms with van der Waals surface area (Å²) in [7, 11) is 3.70. The van der Waals surface area contributed by atoms with Crippen molar-refractivity contribution in [3.8, 4) is 5.75 Å². The van der Waals surface area contributed by atoms with Crippen LogP contribution in [0.2, 0.25) is 0 Å². The Kier molecular flexibility index (Phi) is 6.83. The van der Waals surface area contributed by atoms with E-state index in [0.29, 0.717) is 32.8 Å². The molecule has 0 saturated carbocycles. The number of carbonyl (C=O) groups is 1. The van der Waals surface area contributed by atoms with E-state index < -0.39 is 0 Å². The number of amides is 1. The smallest absolute Gasteiger partial charge is 0.267 e. The first-order valence-electron chi connectivity index (χ1n) is 11.7. The third-order valence-electron chi connectivity index (χ3n) is 6.52. The van der Waals surface area contributed by atoms with Crippen LogP contribution in [0.25, 0.3) is 11.7 Å². The molecule has 3 aromatic rings. The second kappa shape index (κ2) is 10.0. The number of anilines is 1. The molecule has 10 heteroatoms. The zero-order valence-electron chi connectivity index (χ0n) is 20.4. The molecule has 2 aromatic heterocycles. The molecular formula is C26H27N5O3S2. The van der Waals surface area contributed by atoms with Crippen LogP contribution in [0, 0.1) is 6.92 Å². The number of likely N-dealkylation sites (N-methyl/N-ethyl adjacent to an activating group) is 1. The van der Waals surface area contributed by atoms with Crippen LogP contribution in [0.15, 0.2) is 52.3 Å². The first kappa shape index (κ1) is 24.5. The van der Waals surface area contributed by atoms with Crippen molar-refractivity contribution in [3.63, 3.8) is 0 Å². The predicted molar refractivity (Wildman–Crippen MR) is 148 cm³/mol. The van der Waals surface area contributed by atoms with Crippen molar-refractivity contribution in [2.24, 2.45) is 0 Å². The predicted octanol–water partition coefficient (Wildman–Crippen LogP) is 3.16. The summed E-state index contributed by atoms with van der Waals surface area (Å²) in [5.41, 5.74) is 2.70. The number of carbonyl (C=O) groups excluding carboxylic acids is 1. The molecule has 0 N–H and O–H groups in total. The molecule has 1 amide bonds. The molecular weight excluding hydrogens is 494 g/mol. The minimum Gasteiger partial charge on any atom is -0.497 e. The number of aromatic nitrogens is 2. The van der Waals surface area contributed by atoms with Gasteiger partial charge >= 0.3 is 0 Å². The number of ether oxygens (including phenoxy) is 1. The Morgan fingerprint density at radius 1 is 1.11 bits per heavy atom. The first-order chi connectivity index (χ1) is 17.4. The number of thiocarbonyl (C=S) groups is 1. The fraction of sp³-hybridized carbons (Fsp3) is 0.308. The molecule has 2 saturated heterocycles. The van der Waals surface area contributed by atoms with Gasteiger partial charge in [0.25, 0.3) is 11.5 Å². The summed E-state index contributed by atoms with van der Waals surface area (Å²) in [5, 5.41) is 0. The monoisotopic (exact) mass is 521 g/mol. The molecule has 2 fully saturated rings. The van der Waals surface area contributed by atoms with Crippen molar-refractivity contribution >= 4 is 51.7 Å². The molecule has 8 nitrogen and oxygen atoms in total. The Bertz CT molecular complexity index is 1430. The Balaban J connectivity index is 1.53. The summed E-state index contributed by atoms with van der Waals surface area (Å²) in [4.78, 5) is 38.4. The summed E-state index contributed by atoms with van der Waals surface area (Å²) in [6, 6.07) is 11.3. The van der Waals surface area contributed by atoms with Gasteiger partial charge in [0.1, 0.15) is 21.5 Å². The lowest BCUT2D eigenvalue weighted by molar-refractivity contribution is -0.122. The molecule has 0 bridgehead atoms. The second-order valence-electron chi connectivity index (χ2n) is 8.95. The number of aryl methyl sites for hydroxylation is 1. The number of hydrogen-bond acceptors (Lipinski definition) is 8. The maximum Gasteiger partial charge on any atom is 0.267 e. The van der Waals surface area contributed by atoms with Crippen molar-refractivity contribution in [3.05, 3.63) is 74.5 Å². The van der Waals surface area contributed by atoms with Gasteiger partial charge in [-0.3, -0.25) is 18.9 Å².